The fraction of sp³-hybridized carbons (Fsp3) is 0.571. The molecule has 1 heterocycles. The number of alkyl halides is 1. The predicted molar refractivity (Wildman–Crippen MR) is 46.2 cm³/mol. The van der Waals surface area contributed by atoms with Gasteiger partial charge in [0.15, 0.2) is 0 Å². The number of carbonyl (C=O) groups excluding carboxylic acids is 1. The Labute approximate surface area is 80.7 Å². The van der Waals surface area contributed by atoms with Crippen LogP contribution < -0.4 is 0 Å². The molecule has 5 nitrogen and oxygen atoms in total. The summed E-state index contributed by atoms with van der Waals surface area (Å²) in [5, 5.41) is 7.35. The molecule has 1 rings (SSSR count). The summed E-state index contributed by atoms with van der Waals surface area (Å²) in [6.45, 7) is 2.24. The normalized spacial score (nSPS) is 10.0. The minimum absolute atomic E-state index is 0.114. The molecule has 0 N–H and O–H groups in total. The van der Waals surface area contributed by atoms with Gasteiger partial charge in [0.1, 0.15) is 18.7 Å². The van der Waals surface area contributed by atoms with E-state index in [0.717, 1.165) is 0 Å². The van der Waals surface area contributed by atoms with E-state index < -0.39 is 0 Å². The van der Waals surface area contributed by atoms with Crippen LogP contribution in [0.25, 0.3) is 0 Å². The van der Waals surface area contributed by atoms with E-state index in [1.807, 2.05) is 0 Å². The molecular weight excluding hydrogens is 194 g/mol. The molecule has 0 atom stereocenters. The Hall–Kier alpha value is -1.10. The molecule has 0 amide bonds. The van der Waals surface area contributed by atoms with Crippen LogP contribution in [0.15, 0.2) is 6.33 Å². The van der Waals surface area contributed by atoms with E-state index >= 15 is 0 Å². The van der Waals surface area contributed by atoms with Crippen molar-refractivity contribution >= 4 is 17.6 Å². The highest BCUT2D eigenvalue weighted by atomic mass is 35.5. The summed E-state index contributed by atoms with van der Waals surface area (Å²) >= 11 is 5.56. The topological polar surface area (TPSA) is 57.0 Å². The smallest absolute Gasteiger partial charge is 0.326 e. The highest BCUT2D eigenvalue weighted by Gasteiger charge is 2.07. The van der Waals surface area contributed by atoms with Crippen LogP contribution in [-0.2, 0) is 22.0 Å². The van der Waals surface area contributed by atoms with Crippen molar-refractivity contribution in [3.63, 3.8) is 0 Å². The molecule has 0 aliphatic heterocycles. The van der Waals surface area contributed by atoms with E-state index in [0.29, 0.717) is 12.4 Å². The summed E-state index contributed by atoms with van der Waals surface area (Å²) in [6.07, 6.45) is 1.45. The van der Waals surface area contributed by atoms with Crippen molar-refractivity contribution in [3.05, 3.63) is 12.2 Å². The number of aromatic nitrogens is 3. The third kappa shape index (κ3) is 2.69. The second-order valence-corrected chi connectivity index (χ2v) is 2.58. The molecule has 0 spiro atoms. The quantitative estimate of drug-likeness (QED) is 0.531. The monoisotopic (exact) mass is 203 g/mol. The number of hydrogen-bond donors (Lipinski definition) is 0. The van der Waals surface area contributed by atoms with Crippen LogP contribution in [0.4, 0.5) is 0 Å². The summed E-state index contributed by atoms with van der Waals surface area (Å²) in [5.74, 6) is 0.489. The maximum absolute atomic E-state index is 11.0. The van der Waals surface area contributed by atoms with Crippen molar-refractivity contribution in [1.82, 2.24) is 14.8 Å². The lowest BCUT2D eigenvalue weighted by molar-refractivity contribution is -0.143. The van der Waals surface area contributed by atoms with Gasteiger partial charge in [-0.1, -0.05) is 0 Å². The molecule has 0 aromatic carbocycles. The van der Waals surface area contributed by atoms with Gasteiger partial charge in [0.05, 0.1) is 12.5 Å². The predicted octanol–water partition coefficient (Wildman–Crippen LogP) is 0.580. The third-order valence-electron chi connectivity index (χ3n) is 1.42. The summed E-state index contributed by atoms with van der Waals surface area (Å²) in [7, 11) is 0. The summed E-state index contributed by atoms with van der Waals surface area (Å²) in [5.41, 5.74) is 0. The second-order valence-electron chi connectivity index (χ2n) is 2.31. The maximum atomic E-state index is 11.0. The van der Waals surface area contributed by atoms with Crippen molar-refractivity contribution in [2.45, 2.75) is 19.3 Å². The molecule has 0 aliphatic carbocycles. The zero-order valence-electron chi connectivity index (χ0n) is 7.23. The van der Waals surface area contributed by atoms with Gasteiger partial charge < -0.3 is 9.30 Å². The lowest BCUT2D eigenvalue weighted by Crippen LogP contribution is -2.14. The van der Waals surface area contributed by atoms with Gasteiger partial charge in [0.25, 0.3) is 0 Å². The van der Waals surface area contributed by atoms with Crippen molar-refractivity contribution in [2.75, 3.05) is 6.61 Å². The van der Waals surface area contributed by atoms with Crippen LogP contribution in [0.3, 0.4) is 0 Å². The summed E-state index contributed by atoms with van der Waals surface area (Å²) < 4.78 is 6.32. The van der Waals surface area contributed by atoms with E-state index in [2.05, 4.69) is 10.2 Å². The molecule has 0 radical (unpaired) electrons. The largest absolute Gasteiger partial charge is 0.465 e. The Morgan fingerprint density at radius 1 is 1.77 bits per heavy atom. The average Bonchev–Trinajstić information content (AvgIpc) is 2.52. The second kappa shape index (κ2) is 4.81. The van der Waals surface area contributed by atoms with Crippen LogP contribution in [0, 0.1) is 0 Å². The standard InChI is InChI=1S/C7H10ClN3O2/c1-2-13-7(12)4-11-5-9-10-6(11)3-8/h5H,2-4H2,1H3. The van der Waals surface area contributed by atoms with Crippen LogP contribution in [0.5, 0.6) is 0 Å². The van der Waals surface area contributed by atoms with E-state index in [1.165, 1.54) is 6.33 Å². The van der Waals surface area contributed by atoms with Crippen LogP contribution in [0.1, 0.15) is 12.7 Å². The summed E-state index contributed by atoms with van der Waals surface area (Å²) in [6, 6.07) is 0. The molecule has 0 saturated heterocycles. The first-order valence-electron chi connectivity index (χ1n) is 3.86. The molecule has 1 aromatic heterocycles. The molecule has 6 heteroatoms. The highest BCUT2D eigenvalue weighted by Crippen LogP contribution is 1.99. The molecule has 0 unspecified atom stereocenters. The van der Waals surface area contributed by atoms with Crippen LogP contribution in [0.2, 0.25) is 0 Å². The Kier molecular flexibility index (Phi) is 3.70. The number of ether oxygens (including phenoxy) is 1. The Morgan fingerprint density at radius 2 is 2.54 bits per heavy atom. The fourth-order valence-corrected chi connectivity index (χ4v) is 1.07. The molecule has 13 heavy (non-hydrogen) atoms. The van der Waals surface area contributed by atoms with Gasteiger partial charge in [-0.25, -0.2) is 0 Å². The average molecular weight is 204 g/mol. The number of rotatable bonds is 4. The first-order chi connectivity index (χ1) is 6.27. The number of halogens is 1. The summed E-state index contributed by atoms with van der Waals surface area (Å²) in [4.78, 5) is 11.0. The molecule has 72 valence electrons. The van der Waals surface area contributed by atoms with Gasteiger partial charge in [0, 0.05) is 0 Å². The third-order valence-corrected chi connectivity index (χ3v) is 1.66. The van der Waals surface area contributed by atoms with E-state index in [9.17, 15) is 4.79 Å². The Balaban J connectivity index is 2.57. The van der Waals surface area contributed by atoms with E-state index in [-0.39, 0.29) is 18.4 Å². The number of carbonyl (C=O) groups is 1. The molecular formula is C7H10ClN3O2. The van der Waals surface area contributed by atoms with Gasteiger partial charge >= 0.3 is 5.97 Å². The van der Waals surface area contributed by atoms with Crippen molar-refractivity contribution < 1.29 is 9.53 Å². The number of esters is 1. The SMILES string of the molecule is CCOC(=O)Cn1cnnc1CCl. The zero-order chi connectivity index (χ0) is 9.68. The molecule has 0 aliphatic rings. The fourth-order valence-electron chi connectivity index (χ4n) is 0.860. The van der Waals surface area contributed by atoms with Crippen LogP contribution in [-0.4, -0.2) is 27.3 Å². The Bertz CT molecular complexity index is 287. The number of hydrogen-bond acceptors (Lipinski definition) is 4. The van der Waals surface area contributed by atoms with Crippen LogP contribution >= 0.6 is 11.6 Å². The van der Waals surface area contributed by atoms with Crippen molar-refractivity contribution in [3.8, 4) is 0 Å². The number of nitrogens with zero attached hydrogens (tertiary/aromatic N) is 3. The van der Waals surface area contributed by atoms with Crippen molar-refractivity contribution in [1.29, 1.82) is 0 Å². The van der Waals surface area contributed by atoms with E-state index in [4.69, 9.17) is 16.3 Å². The lowest BCUT2D eigenvalue weighted by Gasteiger charge is -2.03. The van der Waals surface area contributed by atoms with Crippen molar-refractivity contribution in [2.24, 2.45) is 0 Å². The molecule has 0 bridgehead atoms. The highest BCUT2D eigenvalue weighted by molar-refractivity contribution is 6.16. The van der Waals surface area contributed by atoms with E-state index in [1.54, 1.807) is 11.5 Å². The lowest BCUT2D eigenvalue weighted by atomic mass is 10.6. The first kappa shape index (κ1) is 9.98. The zero-order valence-corrected chi connectivity index (χ0v) is 7.99. The van der Waals surface area contributed by atoms with Gasteiger partial charge in [-0.15, -0.1) is 21.8 Å². The van der Waals surface area contributed by atoms with Gasteiger partial charge in [-0.05, 0) is 6.92 Å². The molecule has 0 saturated carbocycles. The van der Waals surface area contributed by atoms with Gasteiger partial charge in [0.2, 0.25) is 0 Å². The minimum atomic E-state index is -0.311. The van der Waals surface area contributed by atoms with Gasteiger partial charge in [-0.2, -0.15) is 0 Å². The molecule has 1 aromatic rings. The first-order valence-corrected chi connectivity index (χ1v) is 4.39. The maximum Gasteiger partial charge on any atom is 0.326 e. The van der Waals surface area contributed by atoms with Gasteiger partial charge in [-0.3, -0.25) is 4.79 Å². The molecule has 0 fully saturated rings. The Morgan fingerprint density at radius 3 is 3.15 bits per heavy atom. The minimum Gasteiger partial charge on any atom is -0.465 e.